The summed E-state index contributed by atoms with van der Waals surface area (Å²) in [7, 11) is 0. The molecule has 86 valence electrons. The molecule has 2 aliphatic rings. The van der Waals surface area contributed by atoms with Crippen LogP contribution in [0.4, 0.5) is 10.2 Å². The van der Waals surface area contributed by atoms with Gasteiger partial charge < -0.3 is 10.6 Å². The van der Waals surface area contributed by atoms with Crippen LogP contribution in [0.3, 0.4) is 0 Å². The Labute approximate surface area is 94.5 Å². The SMILES string of the molecule is NC1CCC2CN(c3ccc(F)cn3)CC12. The standard InChI is InChI=1S/C12H16FN3/c13-9-2-4-12(15-5-9)16-6-8-1-3-11(14)10(8)7-16/h2,4-5,8,10-11H,1,3,6-7,14H2. The molecule has 2 heterocycles. The van der Waals surface area contributed by atoms with Crippen molar-refractivity contribution in [3.05, 3.63) is 24.1 Å². The zero-order chi connectivity index (χ0) is 11.1. The van der Waals surface area contributed by atoms with E-state index < -0.39 is 0 Å². The average molecular weight is 221 g/mol. The first-order valence-corrected chi connectivity index (χ1v) is 5.86. The lowest BCUT2D eigenvalue weighted by atomic mass is 9.98. The Morgan fingerprint density at radius 3 is 2.88 bits per heavy atom. The highest BCUT2D eigenvalue weighted by atomic mass is 19.1. The van der Waals surface area contributed by atoms with E-state index in [0.29, 0.717) is 17.9 Å². The van der Waals surface area contributed by atoms with E-state index in [1.54, 1.807) is 6.07 Å². The largest absolute Gasteiger partial charge is 0.356 e. The summed E-state index contributed by atoms with van der Waals surface area (Å²) in [4.78, 5) is 6.35. The van der Waals surface area contributed by atoms with E-state index in [1.165, 1.54) is 18.7 Å². The molecule has 3 nitrogen and oxygen atoms in total. The number of aromatic nitrogens is 1. The fraction of sp³-hybridized carbons (Fsp3) is 0.583. The highest BCUT2D eigenvalue weighted by Crippen LogP contribution is 2.38. The summed E-state index contributed by atoms with van der Waals surface area (Å²) in [6, 6.07) is 3.56. The Bertz CT molecular complexity index is 378. The second-order valence-corrected chi connectivity index (χ2v) is 4.90. The lowest BCUT2D eigenvalue weighted by Crippen LogP contribution is -2.30. The third-order valence-electron chi connectivity index (χ3n) is 3.95. The minimum atomic E-state index is -0.278. The third-order valence-corrected chi connectivity index (χ3v) is 3.95. The van der Waals surface area contributed by atoms with Crippen molar-refractivity contribution >= 4 is 5.82 Å². The number of fused-ring (bicyclic) bond motifs is 1. The highest BCUT2D eigenvalue weighted by molar-refractivity contribution is 5.40. The van der Waals surface area contributed by atoms with Crippen LogP contribution in [0.2, 0.25) is 0 Å². The molecular formula is C12H16FN3. The van der Waals surface area contributed by atoms with E-state index >= 15 is 0 Å². The van der Waals surface area contributed by atoms with Crippen LogP contribution in [0.15, 0.2) is 18.3 Å². The van der Waals surface area contributed by atoms with Crippen molar-refractivity contribution in [1.82, 2.24) is 4.98 Å². The van der Waals surface area contributed by atoms with Gasteiger partial charge in [0, 0.05) is 19.1 Å². The van der Waals surface area contributed by atoms with Gasteiger partial charge in [-0.3, -0.25) is 0 Å². The first-order chi connectivity index (χ1) is 7.74. The molecule has 3 rings (SSSR count). The molecule has 1 aromatic rings. The van der Waals surface area contributed by atoms with Crippen molar-refractivity contribution in [2.75, 3.05) is 18.0 Å². The first-order valence-electron chi connectivity index (χ1n) is 5.86. The van der Waals surface area contributed by atoms with Crippen molar-refractivity contribution in [3.8, 4) is 0 Å². The summed E-state index contributed by atoms with van der Waals surface area (Å²) in [6.07, 6.45) is 3.66. The fourth-order valence-electron chi connectivity index (χ4n) is 3.05. The highest BCUT2D eigenvalue weighted by Gasteiger charge is 2.41. The van der Waals surface area contributed by atoms with Gasteiger partial charge in [0.1, 0.15) is 11.6 Å². The van der Waals surface area contributed by atoms with Gasteiger partial charge in [-0.05, 0) is 36.8 Å². The fourth-order valence-corrected chi connectivity index (χ4v) is 3.05. The van der Waals surface area contributed by atoms with Crippen LogP contribution in [0.1, 0.15) is 12.8 Å². The number of nitrogens with two attached hydrogens (primary N) is 1. The zero-order valence-electron chi connectivity index (χ0n) is 9.14. The van der Waals surface area contributed by atoms with Gasteiger partial charge in [0.2, 0.25) is 0 Å². The monoisotopic (exact) mass is 221 g/mol. The van der Waals surface area contributed by atoms with Crippen molar-refractivity contribution in [1.29, 1.82) is 0 Å². The van der Waals surface area contributed by atoms with Crippen LogP contribution in [0.5, 0.6) is 0 Å². The topological polar surface area (TPSA) is 42.1 Å². The molecule has 2 N–H and O–H groups in total. The molecule has 3 unspecified atom stereocenters. The van der Waals surface area contributed by atoms with Crippen molar-refractivity contribution in [3.63, 3.8) is 0 Å². The summed E-state index contributed by atoms with van der Waals surface area (Å²) in [5.41, 5.74) is 6.08. The van der Waals surface area contributed by atoms with Crippen molar-refractivity contribution < 1.29 is 4.39 Å². The molecule has 0 amide bonds. The maximum Gasteiger partial charge on any atom is 0.141 e. The minimum absolute atomic E-state index is 0.278. The van der Waals surface area contributed by atoms with Crippen LogP contribution in [0.25, 0.3) is 0 Å². The van der Waals surface area contributed by atoms with Crippen LogP contribution < -0.4 is 10.6 Å². The normalized spacial score (nSPS) is 33.1. The van der Waals surface area contributed by atoms with Gasteiger partial charge in [0.25, 0.3) is 0 Å². The maximum atomic E-state index is 12.8. The molecule has 1 saturated carbocycles. The molecule has 0 radical (unpaired) electrons. The summed E-state index contributed by atoms with van der Waals surface area (Å²) in [5.74, 6) is 1.91. The molecular weight excluding hydrogens is 205 g/mol. The second-order valence-electron chi connectivity index (χ2n) is 4.90. The zero-order valence-corrected chi connectivity index (χ0v) is 9.14. The number of anilines is 1. The summed E-state index contributed by atoms with van der Waals surface area (Å²) in [5, 5.41) is 0. The van der Waals surface area contributed by atoms with E-state index in [4.69, 9.17) is 5.73 Å². The van der Waals surface area contributed by atoms with Crippen LogP contribution >= 0.6 is 0 Å². The molecule has 1 aromatic heterocycles. The summed E-state index contributed by atoms with van der Waals surface area (Å²) >= 11 is 0. The number of hydrogen-bond donors (Lipinski definition) is 1. The molecule has 16 heavy (non-hydrogen) atoms. The van der Waals surface area contributed by atoms with Gasteiger partial charge in [-0.2, -0.15) is 0 Å². The molecule has 1 aliphatic heterocycles. The molecule has 0 spiro atoms. The van der Waals surface area contributed by atoms with Crippen LogP contribution in [-0.4, -0.2) is 24.1 Å². The van der Waals surface area contributed by atoms with Gasteiger partial charge in [0.15, 0.2) is 0 Å². The van der Waals surface area contributed by atoms with Crippen LogP contribution in [0, 0.1) is 17.7 Å². The van der Waals surface area contributed by atoms with Gasteiger partial charge in [0.05, 0.1) is 6.20 Å². The van der Waals surface area contributed by atoms with E-state index in [2.05, 4.69) is 9.88 Å². The average Bonchev–Trinajstić information content (AvgIpc) is 2.83. The number of rotatable bonds is 1. The Morgan fingerprint density at radius 2 is 2.19 bits per heavy atom. The first kappa shape index (κ1) is 10.0. The van der Waals surface area contributed by atoms with E-state index in [0.717, 1.165) is 25.3 Å². The molecule has 3 atom stereocenters. The van der Waals surface area contributed by atoms with Crippen molar-refractivity contribution in [2.24, 2.45) is 17.6 Å². The third kappa shape index (κ3) is 1.57. The van der Waals surface area contributed by atoms with E-state index in [9.17, 15) is 4.39 Å². The Hall–Kier alpha value is -1.16. The lowest BCUT2D eigenvalue weighted by Gasteiger charge is -2.19. The number of pyridine rings is 1. The van der Waals surface area contributed by atoms with Gasteiger partial charge in [-0.1, -0.05) is 0 Å². The predicted molar refractivity (Wildman–Crippen MR) is 60.6 cm³/mol. The van der Waals surface area contributed by atoms with E-state index in [-0.39, 0.29) is 5.82 Å². The molecule has 2 fully saturated rings. The summed E-state index contributed by atoms with van der Waals surface area (Å²) in [6.45, 7) is 2.00. The van der Waals surface area contributed by atoms with Gasteiger partial charge in [-0.25, -0.2) is 9.37 Å². The molecule has 0 aromatic carbocycles. The quantitative estimate of drug-likeness (QED) is 0.779. The van der Waals surface area contributed by atoms with Crippen molar-refractivity contribution in [2.45, 2.75) is 18.9 Å². The second kappa shape index (κ2) is 3.70. The Balaban J connectivity index is 1.76. The number of halogens is 1. The molecule has 4 heteroatoms. The predicted octanol–water partition coefficient (Wildman–Crippen LogP) is 1.39. The smallest absolute Gasteiger partial charge is 0.141 e. The number of hydrogen-bond acceptors (Lipinski definition) is 3. The Kier molecular flexibility index (Phi) is 2.32. The molecule has 1 saturated heterocycles. The van der Waals surface area contributed by atoms with Gasteiger partial charge in [-0.15, -0.1) is 0 Å². The summed E-state index contributed by atoms with van der Waals surface area (Å²) < 4.78 is 12.8. The Morgan fingerprint density at radius 1 is 1.31 bits per heavy atom. The van der Waals surface area contributed by atoms with E-state index in [1.807, 2.05) is 0 Å². The van der Waals surface area contributed by atoms with Crippen LogP contribution in [-0.2, 0) is 0 Å². The molecule has 1 aliphatic carbocycles. The molecule has 0 bridgehead atoms. The van der Waals surface area contributed by atoms with Gasteiger partial charge >= 0.3 is 0 Å². The lowest BCUT2D eigenvalue weighted by molar-refractivity contribution is 0.453. The minimum Gasteiger partial charge on any atom is -0.356 e. The maximum absolute atomic E-state index is 12.8. The number of nitrogens with zero attached hydrogens (tertiary/aromatic N) is 2.